The normalized spacial score (nSPS) is 21.7. The molecule has 1 aromatic heterocycles. The molecule has 1 heterocycles. The second-order valence-corrected chi connectivity index (χ2v) is 8.72. The highest BCUT2D eigenvalue weighted by molar-refractivity contribution is 5.85. The molecule has 0 saturated heterocycles. The van der Waals surface area contributed by atoms with E-state index in [0.717, 1.165) is 23.3 Å². The maximum atomic E-state index is 12.6. The van der Waals surface area contributed by atoms with Crippen LogP contribution in [0.3, 0.4) is 0 Å². The second kappa shape index (κ2) is 11.8. The van der Waals surface area contributed by atoms with Gasteiger partial charge in [-0.05, 0) is 23.6 Å². The number of nitrogens with one attached hydrogen (secondary N) is 1. The lowest BCUT2D eigenvalue weighted by molar-refractivity contribution is -0.131. The summed E-state index contributed by atoms with van der Waals surface area (Å²) in [6.07, 6.45) is 2.09. The molecule has 1 fully saturated rings. The van der Waals surface area contributed by atoms with Crippen molar-refractivity contribution >= 4 is 12.0 Å². The summed E-state index contributed by atoms with van der Waals surface area (Å²) in [5.41, 5.74) is 0.566. The number of H-pyrrole nitrogens is 1. The van der Waals surface area contributed by atoms with Gasteiger partial charge < -0.3 is 19.7 Å². The lowest BCUT2D eigenvalue weighted by Crippen LogP contribution is -2.37. The number of carbonyl (C=O) groups is 1. The van der Waals surface area contributed by atoms with Crippen LogP contribution in [0.1, 0.15) is 29.2 Å². The fourth-order valence-corrected chi connectivity index (χ4v) is 4.42. The predicted molar refractivity (Wildman–Crippen MR) is 132 cm³/mol. The van der Waals surface area contributed by atoms with E-state index >= 15 is 0 Å². The average molecular weight is 493 g/mol. The Balaban J connectivity index is 1.56. The van der Waals surface area contributed by atoms with E-state index in [9.17, 15) is 19.5 Å². The first-order valence-electron chi connectivity index (χ1n) is 11.6. The maximum absolute atomic E-state index is 12.6. The highest BCUT2D eigenvalue weighted by Crippen LogP contribution is 2.37. The van der Waals surface area contributed by atoms with Crippen molar-refractivity contribution in [1.82, 2.24) is 9.55 Å². The van der Waals surface area contributed by atoms with Crippen molar-refractivity contribution < 1.29 is 24.5 Å². The number of hydrogen-bond donors (Lipinski definition) is 3. The number of aliphatic carboxylic acids is 1. The fraction of sp³-hybridized carbons (Fsp3) is 0.296. The van der Waals surface area contributed by atoms with Gasteiger partial charge in [0.15, 0.2) is 0 Å². The number of aliphatic hydroxyl groups excluding tert-OH is 1. The summed E-state index contributed by atoms with van der Waals surface area (Å²) in [6, 6.07) is 18.6. The van der Waals surface area contributed by atoms with Gasteiger partial charge in [-0.25, -0.2) is 9.59 Å². The van der Waals surface area contributed by atoms with Crippen molar-refractivity contribution in [3.8, 4) is 0 Å². The molecule has 9 heteroatoms. The predicted octanol–water partition coefficient (Wildman–Crippen LogP) is 2.36. The van der Waals surface area contributed by atoms with Crippen LogP contribution in [-0.4, -0.2) is 44.5 Å². The van der Waals surface area contributed by atoms with Gasteiger partial charge >= 0.3 is 11.7 Å². The molecule has 0 spiro atoms. The molecule has 9 nitrogen and oxygen atoms in total. The van der Waals surface area contributed by atoms with Crippen LogP contribution in [0.25, 0.3) is 6.08 Å². The number of aliphatic hydroxyl groups is 1. The van der Waals surface area contributed by atoms with Gasteiger partial charge in [-0.2, -0.15) is 0 Å². The van der Waals surface area contributed by atoms with Gasteiger partial charge in [-0.1, -0.05) is 60.7 Å². The van der Waals surface area contributed by atoms with Gasteiger partial charge in [0.2, 0.25) is 0 Å². The largest absolute Gasteiger partial charge is 0.478 e. The van der Waals surface area contributed by atoms with Gasteiger partial charge in [-0.3, -0.25) is 14.3 Å². The van der Waals surface area contributed by atoms with Gasteiger partial charge in [-0.15, -0.1) is 0 Å². The molecule has 3 aromatic rings. The molecule has 0 radical (unpaired) electrons. The summed E-state index contributed by atoms with van der Waals surface area (Å²) in [6.45, 7) is 0.895. The van der Waals surface area contributed by atoms with E-state index in [1.165, 1.54) is 10.8 Å². The van der Waals surface area contributed by atoms with Crippen molar-refractivity contribution in [3.63, 3.8) is 0 Å². The Hall–Kier alpha value is -3.79. The van der Waals surface area contributed by atoms with Crippen LogP contribution in [0.15, 0.2) is 82.5 Å². The quantitative estimate of drug-likeness (QED) is 0.370. The third-order valence-corrected chi connectivity index (χ3v) is 6.27. The minimum Gasteiger partial charge on any atom is -0.478 e. The first-order valence-corrected chi connectivity index (χ1v) is 11.6. The zero-order valence-electron chi connectivity index (χ0n) is 19.5. The third kappa shape index (κ3) is 6.25. The summed E-state index contributed by atoms with van der Waals surface area (Å²) >= 11 is 0. The third-order valence-electron chi connectivity index (χ3n) is 6.27. The van der Waals surface area contributed by atoms with E-state index in [1.54, 1.807) is 0 Å². The number of aromatic nitrogens is 2. The second-order valence-electron chi connectivity index (χ2n) is 8.72. The molecule has 3 N–H and O–H groups in total. The smallest absolute Gasteiger partial charge is 0.328 e. The van der Waals surface area contributed by atoms with Crippen LogP contribution in [0.5, 0.6) is 0 Å². The number of hydrogen-bond acceptors (Lipinski definition) is 6. The zero-order chi connectivity index (χ0) is 25.5. The molecule has 1 saturated carbocycles. The first-order chi connectivity index (χ1) is 17.4. The van der Waals surface area contributed by atoms with E-state index in [1.807, 2.05) is 60.7 Å². The van der Waals surface area contributed by atoms with Crippen LogP contribution in [0.2, 0.25) is 0 Å². The van der Waals surface area contributed by atoms with Gasteiger partial charge in [0.05, 0.1) is 43.6 Å². The molecule has 1 aliphatic rings. The maximum Gasteiger partial charge on any atom is 0.328 e. The first kappa shape index (κ1) is 25.3. The molecule has 1 aliphatic carbocycles. The van der Waals surface area contributed by atoms with Crippen molar-refractivity contribution in [1.29, 1.82) is 0 Å². The molecule has 36 heavy (non-hydrogen) atoms. The molecular weight excluding hydrogens is 464 g/mol. The molecule has 2 aromatic carbocycles. The van der Waals surface area contributed by atoms with Gasteiger partial charge in [0, 0.05) is 18.2 Å². The van der Waals surface area contributed by atoms with Crippen LogP contribution in [-0.2, 0) is 27.5 Å². The van der Waals surface area contributed by atoms with Crippen LogP contribution in [0, 0.1) is 5.92 Å². The number of benzene rings is 2. The van der Waals surface area contributed by atoms with E-state index in [0.29, 0.717) is 19.6 Å². The number of nitrogens with zero attached hydrogens (tertiary/aromatic N) is 1. The van der Waals surface area contributed by atoms with Crippen molar-refractivity contribution in [3.05, 3.63) is 110 Å². The number of rotatable bonds is 10. The van der Waals surface area contributed by atoms with E-state index < -0.39 is 41.4 Å². The zero-order valence-corrected chi connectivity index (χ0v) is 19.5. The highest BCUT2D eigenvalue weighted by Gasteiger charge is 2.44. The fourth-order valence-electron chi connectivity index (χ4n) is 4.42. The van der Waals surface area contributed by atoms with Gasteiger partial charge in [0.25, 0.3) is 5.56 Å². The van der Waals surface area contributed by atoms with Crippen LogP contribution in [0.4, 0.5) is 0 Å². The monoisotopic (exact) mass is 492 g/mol. The Kier molecular flexibility index (Phi) is 8.27. The van der Waals surface area contributed by atoms with E-state index in [4.69, 9.17) is 14.6 Å². The summed E-state index contributed by atoms with van der Waals surface area (Å²) in [5, 5.41) is 20.1. The Morgan fingerprint density at radius 3 is 2.31 bits per heavy atom. The van der Waals surface area contributed by atoms with E-state index in [2.05, 4.69) is 4.98 Å². The average Bonchev–Trinajstić information content (AvgIpc) is 3.18. The minimum absolute atomic E-state index is 0.00488. The summed E-state index contributed by atoms with van der Waals surface area (Å²) in [7, 11) is 0. The molecular formula is C27H28N2O7. The van der Waals surface area contributed by atoms with Crippen LogP contribution < -0.4 is 11.2 Å². The highest BCUT2D eigenvalue weighted by atomic mass is 16.5. The Morgan fingerprint density at radius 1 is 1.03 bits per heavy atom. The van der Waals surface area contributed by atoms with Crippen molar-refractivity contribution in [2.45, 2.75) is 37.9 Å². The molecule has 0 amide bonds. The Morgan fingerprint density at radius 2 is 1.67 bits per heavy atom. The van der Waals surface area contributed by atoms with E-state index in [-0.39, 0.29) is 12.2 Å². The molecule has 4 atom stereocenters. The number of aromatic amines is 1. The lowest BCUT2D eigenvalue weighted by atomic mass is 10.0. The lowest BCUT2D eigenvalue weighted by Gasteiger charge is -2.23. The Labute approximate surface area is 207 Å². The molecule has 4 rings (SSSR count). The van der Waals surface area contributed by atoms with Crippen molar-refractivity contribution in [2.24, 2.45) is 5.92 Å². The number of ether oxygens (including phenoxy) is 2. The Bertz CT molecular complexity index is 1300. The van der Waals surface area contributed by atoms with Crippen molar-refractivity contribution in [2.75, 3.05) is 6.61 Å². The summed E-state index contributed by atoms with van der Waals surface area (Å²) in [4.78, 5) is 37.9. The standard InChI is InChI=1S/C27H28N2O7/c30-24(31)12-11-20-14-29(27(34)28-26(20)33)22-13-23(36-16-19-9-5-2-6-10-19)21(25(22)32)17-35-15-18-7-3-1-4-8-18/h1-12,14,21-23,25,32H,13,15-17H2,(H,30,31)(H,28,33,34). The molecule has 188 valence electrons. The topological polar surface area (TPSA) is 131 Å². The summed E-state index contributed by atoms with van der Waals surface area (Å²) in [5.74, 6) is -1.66. The number of carboxylic acids is 1. The molecule has 0 bridgehead atoms. The molecule has 0 aliphatic heterocycles. The minimum atomic E-state index is -1.22. The SMILES string of the molecule is O=C(O)C=Cc1cn(C2CC(OCc3ccccc3)C(COCc3ccccc3)C2O)c(=O)[nH]c1=O. The summed E-state index contributed by atoms with van der Waals surface area (Å²) < 4.78 is 13.3. The van der Waals surface area contributed by atoms with Crippen LogP contribution >= 0.6 is 0 Å². The van der Waals surface area contributed by atoms with Gasteiger partial charge in [0.1, 0.15) is 0 Å². The molecule has 4 unspecified atom stereocenters. The number of carboxylic acid groups (broad SMARTS) is 1.